The smallest absolute Gasteiger partial charge is 0.322 e. The van der Waals surface area contributed by atoms with Gasteiger partial charge in [-0.1, -0.05) is 12.1 Å². The van der Waals surface area contributed by atoms with Gasteiger partial charge in [-0.25, -0.2) is 4.39 Å². The van der Waals surface area contributed by atoms with E-state index in [4.69, 9.17) is 5.11 Å². The highest BCUT2D eigenvalue weighted by Crippen LogP contribution is 2.18. The minimum absolute atomic E-state index is 0.316. The van der Waals surface area contributed by atoms with Crippen LogP contribution in [0.25, 0.3) is 10.9 Å². The number of fused-ring (bicyclic) bond motifs is 1. The van der Waals surface area contributed by atoms with Crippen LogP contribution in [-0.2, 0) is 11.5 Å². The van der Waals surface area contributed by atoms with E-state index in [1.54, 1.807) is 18.2 Å². The molecule has 0 aliphatic heterocycles. The lowest BCUT2D eigenvalue weighted by Crippen LogP contribution is -2.29. The number of amides is 1. The van der Waals surface area contributed by atoms with E-state index < -0.39 is 25.1 Å². The number of carbonyl (C=O) groups is 2. The van der Waals surface area contributed by atoms with Crippen molar-refractivity contribution in [2.75, 3.05) is 6.54 Å². The van der Waals surface area contributed by atoms with Crippen molar-refractivity contribution < 1.29 is 19.1 Å². The molecule has 2 aromatic rings. The number of carboxylic acids is 1. The number of alkyl halides is 1. The fraction of sp³-hybridized carbons (Fsp3) is 0.154. The number of pyridine rings is 1. The largest absolute Gasteiger partial charge is 0.480 e. The minimum Gasteiger partial charge on any atom is -0.480 e. The number of aliphatic carboxylic acids is 1. The molecule has 1 amide bonds. The summed E-state index contributed by atoms with van der Waals surface area (Å²) in [6, 6.07) is 6.23. The third-order valence-corrected chi connectivity index (χ3v) is 2.61. The summed E-state index contributed by atoms with van der Waals surface area (Å²) in [6.07, 6.45) is 1.43. The van der Waals surface area contributed by atoms with Crippen LogP contribution in [0.2, 0.25) is 0 Å². The van der Waals surface area contributed by atoms with Gasteiger partial charge in [0.1, 0.15) is 13.2 Å². The molecular formula is C13H11FN2O3. The van der Waals surface area contributed by atoms with Crippen LogP contribution in [0.4, 0.5) is 4.39 Å². The Morgan fingerprint density at radius 2 is 2.11 bits per heavy atom. The number of rotatable bonds is 4. The zero-order valence-electron chi connectivity index (χ0n) is 9.89. The molecule has 0 aliphatic carbocycles. The van der Waals surface area contributed by atoms with Gasteiger partial charge in [0, 0.05) is 11.6 Å². The number of carbonyl (C=O) groups excluding carboxylic acids is 1. The maximum absolute atomic E-state index is 12.5. The first-order chi connectivity index (χ1) is 9.11. The van der Waals surface area contributed by atoms with Gasteiger partial charge >= 0.3 is 5.97 Å². The number of nitrogens with one attached hydrogen (secondary N) is 1. The number of aromatic nitrogens is 1. The van der Waals surface area contributed by atoms with Gasteiger partial charge < -0.3 is 10.4 Å². The Hall–Kier alpha value is -2.50. The van der Waals surface area contributed by atoms with Gasteiger partial charge in [0.25, 0.3) is 5.91 Å². The van der Waals surface area contributed by atoms with E-state index in [-0.39, 0.29) is 0 Å². The molecule has 0 aliphatic rings. The Labute approximate surface area is 108 Å². The summed E-state index contributed by atoms with van der Waals surface area (Å²) >= 11 is 0. The Balaban J connectivity index is 2.38. The number of benzene rings is 1. The Morgan fingerprint density at radius 1 is 1.32 bits per heavy atom. The predicted molar refractivity (Wildman–Crippen MR) is 66.5 cm³/mol. The summed E-state index contributed by atoms with van der Waals surface area (Å²) in [4.78, 5) is 26.3. The molecule has 0 radical (unpaired) electrons. The third kappa shape index (κ3) is 2.85. The Kier molecular flexibility index (Phi) is 3.70. The number of hydrogen-bond donors (Lipinski definition) is 2. The fourth-order valence-electron chi connectivity index (χ4n) is 1.73. The summed E-state index contributed by atoms with van der Waals surface area (Å²) in [5, 5.41) is 11.4. The second kappa shape index (κ2) is 5.43. The average molecular weight is 262 g/mol. The summed E-state index contributed by atoms with van der Waals surface area (Å²) in [7, 11) is 0. The van der Waals surface area contributed by atoms with E-state index in [0.717, 1.165) is 0 Å². The highest BCUT2D eigenvalue weighted by Gasteiger charge is 2.11. The molecule has 0 saturated carbocycles. The maximum atomic E-state index is 12.5. The second-order valence-corrected chi connectivity index (χ2v) is 3.92. The lowest BCUT2D eigenvalue weighted by molar-refractivity contribution is -0.135. The summed E-state index contributed by atoms with van der Waals surface area (Å²) in [6.45, 7) is -1.06. The molecule has 1 heterocycles. The van der Waals surface area contributed by atoms with Crippen LogP contribution in [0.5, 0.6) is 0 Å². The summed E-state index contributed by atoms with van der Waals surface area (Å²) in [5.41, 5.74) is 1.29. The molecule has 98 valence electrons. The van der Waals surface area contributed by atoms with Crippen molar-refractivity contribution in [2.24, 2.45) is 0 Å². The normalized spacial score (nSPS) is 10.4. The van der Waals surface area contributed by atoms with Crippen LogP contribution in [0.1, 0.15) is 15.9 Å². The zero-order chi connectivity index (χ0) is 13.8. The zero-order valence-corrected chi connectivity index (χ0v) is 9.89. The molecule has 0 bridgehead atoms. The third-order valence-electron chi connectivity index (χ3n) is 2.61. The van der Waals surface area contributed by atoms with Gasteiger partial charge in [0.05, 0.1) is 11.1 Å². The van der Waals surface area contributed by atoms with E-state index in [1.807, 2.05) is 0 Å². The van der Waals surface area contributed by atoms with Crippen molar-refractivity contribution in [2.45, 2.75) is 6.67 Å². The molecule has 2 rings (SSSR count). The topological polar surface area (TPSA) is 79.3 Å². The van der Waals surface area contributed by atoms with Gasteiger partial charge in [-0.3, -0.25) is 14.6 Å². The van der Waals surface area contributed by atoms with Crippen LogP contribution < -0.4 is 5.32 Å². The monoisotopic (exact) mass is 262 g/mol. The Morgan fingerprint density at radius 3 is 2.79 bits per heavy atom. The lowest BCUT2D eigenvalue weighted by Gasteiger charge is -2.06. The van der Waals surface area contributed by atoms with Crippen LogP contribution in [0.15, 0.2) is 30.5 Å². The molecule has 19 heavy (non-hydrogen) atoms. The van der Waals surface area contributed by atoms with Crippen LogP contribution in [-0.4, -0.2) is 28.5 Å². The highest BCUT2D eigenvalue weighted by atomic mass is 19.1. The quantitative estimate of drug-likeness (QED) is 0.875. The number of halogens is 1. The minimum atomic E-state index is -1.12. The van der Waals surface area contributed by atoms with E-state index in [1.165, 1.54) is 12.3 Å². The molecule has 6 heteroatoms. The van der Waals surface area contributed by atoms with Crippen molar-refractivity contribution in [3.8, 4) is 0 Å². The molecule has 2 N–H and O–H groups in total. The molecule has 5 nitrogen and oxygen atoms in total. The first-order valence-electron chi connectivity index (χ1n) is 5.55. The highest BCUT2D eigenvalue weighted by molar-refractivity contribution is 6.06. The van der Waals surface area contributed by atoms with Crippen molar-refractivity contribution in [1.82, 2.24) is 10.3 Å². The van der Waals surface area contributed by atoms with Gasteiger partial charge in [0.15, 0.2) is 0 Å². The number of carboxylic acid groups (broad SMARTS) is 1. The van der Waals surface area contributed by atoms with Crippen LogP contribution in [0.3, 0.4) is 0 Å². The van der Waals surface area contributed by atoms with E-state index in [9.17, 15) is 14.0 Å². The van der Waals surface area contributed by atoms with Crippen molar-refractivity contribution in [3.05, 3.63) is 41.6 Å². The predicted octanol–water partition coefficient (Wildman–Crippen LogP) is 1.52. The molecule has 0 spiro atoms. The first kappa shape index (κ1) is 12.9. The standard InChI is InChI=1S/C13H11FN2O3/c14-6-8-1-2-9-10(3-4-15-11(9)5-8)13(19)16-7-12(17)18/h1-5H,6-7H2,(H,16,19)(H,17,18). The SMILES string of the molecule is O=C(O)CNC(=O)c1ccnc2cc(CF)ccc12. The average Bonchev–Trinajstić information content (AvgIpc) is 2.43. The molecule has 0 fully saturated rings. The van der Waals surface area contributed by atoms with Crippen LogP contribution in [0, 0.1) is 0 Å². The van der Waals surface area contributed by atoms with Crippen LogP contribution >= 0.6 is 0 Å². The molecule has 1 aromatic heterocycles. The van der Waals surface area contributed by atoms with E-state index >= 15 is 0 Å². The fourth-order valence-corrected chi connectivity index (χ4v) is 1.73. The van der Waals surface area contributed by atoms with E-state index in [2.05, 4.69) is 10.3 Å². The second-order valence-electron chi connectivity index (χ2n) is 3.92. The number of hydrogen-bond acceptors (Lipinski definition) is 3. The van der Waals surface area contributed by atoms with Gasteiger partial charge in [0.2, 0.25) is 0 Å². The Bertz CT molecular complexity index is 643. The van der Waals surface area contributed by atoms with Crippen molar-refractivity contribution >= 4 is 22.8 Å². The van der Waals surface area contributed by atoms with E-state index in [0.29, 0.717) is 22.0 Å². The molecule has 1 aromatic carbocycles. The molecule has 0 atom stereocenters. The summed E-state index contributed by atoms with van der Waals surface area (Å²) < 4.78 is 12.5. The lowest BCUT2D eigenvalue weighted by atomic mass is 10.1. The summed E-state index contributed by atoms with van der Waals surface area (Å²) in [5.74, 6) is -1.62. The molecule has 0 unspecified atom stereocenters. The van der Waals surface area contributed by atoms with Crippen molar-refractivity contribution in [3.63, 3.8) is 0 Å². The molecule has 0 saturated heterocycles. The maximum Gasteiger partial charge on any atom is 0.322 e. The first-order valence-corrected chi connectivity index (χ1v) is 5.55. The van der Waals surface area contributed by atoms with Gasteiger partial charge in [-0.2, -0.15) is 0 Å². The molecular weight excluding hydrogens is 251 g/mol. The van der Waals surface area contributed by atoms with Gasteiger partial charge in [-0.15, -0.1) is 0 Å². The number of nitrogens with zero attached hydrogens (tertiary/aromatic N) is 1. The van der Waals surface area contributed by atoms with Crippen molar-refractivity contribution in [1.29, 1.82) is 0 Å². The van der Waals surface area contributed by atoms with Gasteiger partial charge in [-0.05, 0) is 17.7 Å².